The maximum Gasteiger partial charge on any atom is 0.223 e. The van der Waals surface area contributed by atoms with Gasteiger partial charge in [-0.3, -0.25) is 4.79 Å². The molecule has 80 valence electrons. The Morgan fingerprint density at radius 3 is 2.57 bits per heavy atom. The predicted octanol–water partition coefficient (Wildman–Crippen LogP) is 1.06. The Kier molecular flexibility index (Phi) is 2.77. The number of amides is 1. The Balaban J connectivity index is 1.80. The zero-order chi connectivity index (χ0) is 10.1. The summed E-state index contributed by atoms with van der Waals surface area (Å²) in [6, 6.07) is 0.0176. The van der Waals surface area contributed by atoms with Gasteiger partial charge in [0.05, 0.1) is 12.1 Å². The van der Waals surface area contributed by atoms with Crippen LogP contribution in [0.4, 0.5) is 0 Å². The highest BCUT2D eigenvalue weighted by Crippen LogP contribution is 2.38. The van der Waals surface area contributed by atoms with Crippen molar-refractivity contribution in [2.24, 2.45) is 11.8 Å². The Labute approximate surface area is 84.9 Å². The molecule has 4 unspecified atom stereocenters. The predicted molar refractivity (Wildman–Crippen MR) is 53.7 cm³/mol. The number of carbonyl (C=O) groups is 1. The van der Waals surface area contributed by atoms with Crippen LogP contribution in [0.3, 0.4) is 0 Å². The van der Waals surface area contributed by atoms with Gasteiger partial charge in [-0.2, -0.15) is 0 Å². The van der Waals surface area contributed by atoms with E-state index >= 15 is 0 Å². The zero-order valence-electron chi connectivity index (χ0n) is 8.70. The molecule has 3 heteroatoms. The van der Waals surface area contributed by atoms with Gasteiger partial charge in [0.1, 0.15) is 0 Å². The molecule has 0 aromatic rings. The second kappa shape index (κ2) is 3.89. The smallest absolute Gasteiger partial charge is 0.223 e. The van der Waals surface area contributed by atoms with Crippen LogP contribution in [0.15, 0.2) is 0 Å². The number of carbonyl (C=O) groups excluding carboxylic acids is 1. The third-order valence-corrected chi connectivity index (χ3v) is 3.50. The average molecular weight is 197 g/mol. The standard InChI is InChI=1S/C11H19NO2/c1-7-6-8(7)11(14)12-9-4-2-3-5-10(9)13/h7-10,13H,2-6H2,1H3,(H,12,14). The molecule has 2 aliphatic rings. The molecule has 0 spiro atoms. The molecule has 2 fully saturated rings. The van der Waals surface area contributed by atoms with E-state index < -0.39 is 0 Å². The van der Waals surface area contributed by atoms with E-state index in [0.29, 0.717) is 5.92 Å². The maximum atomic E-state index is 11.6. The molecule has 3 nitrogen and oxygen atoms in total. The lowest BCUT2D eigenvalue weighted by Crippen LogP contribution is -2.45. The van der Waals surface area contributed by atoms with E-state index in [1.54, 1.807) is 0 Å². The number of hydrogen-bond acceptors (Lipinski definition) is 2. The SMILES string of the molecule is CC1CC1C(=O)NC1CCCCC1O. The van der Waals surface area contributed by atoms with Crippen LogP contribution < -0.4 is 5.32 Å². The van der Waals surface area contributed by atoms with Crippen molar-refractivity contribution in [3.63, 3.8) is 0 Å². The van der Waals surface area contributed by atoms with Crippen LogP contribution in [0.2, 0.25) is 0 Å². The monoisotopic (exact) mass is 197 g/mol. The van der Waals surface area contributed by atoms with Crippen LogP contribution in [0, 0.1) is 11.8 Å². The third-order valence-electron chi connectivity index (χ3n) is 3.50. The molecule has 2 N–H and O–H groups in total. The normalized spacial score (nSPS) is 41.9. The Morgan fingerprint density at radius 1 is 1.36 bits per heavy atom. The molecule has 0 heterocycles. The van der Waals surface area contributed by atoms with E-state index in [1.807, 2.05) is 0 Å². The first-order chi connectivity index (χ1) is 6.68. The van der Waals surface area contributed by atoms with Gasteiger partial charge in [-0.25, -0.2) is 0 Å². The van der Waals surface area contributed by atoms with Crippen molar-refractivity contribution in [3.8, 4) is 0 Å². The second-order valence-electron chi connectivity index (χ2n) is 4.79. The fourth-order valence-electron chi connectivity index (χ4n) is 2.26. The molecular weight excluding hydrogens is 178 g/mol. The lowest BCUT2D eigenvalue weighted by molar-refractivity contribution is -0.124. The van der Waals surface area contributed by atoms with Crippen LogP contribution in [-0.4, -0.2) is 23.2 Å². The molecule has 14 heavy (non-hydrogen) atoms. The summed E-state index contributed by atoms with van der Waals surface area (Å²) in [5, 5.41) is 12.6. The number of hydrogen-bond donors (Lipinski definition) is 2. The first-order valence-electron chi connectivity index (χ1n) is 5.67. The fraction of sp³-hybridized carbons (Fsp3) is 0.909. The van der Waals surface area contributed by atoms with E-state index in [9.17, 15) is 9.90 Å². The van der Waals surface area contributed by atoms with Gasteiger partial charge in [-0.1, -0.05) is 19.8 Å². The summed E-state index contributed by atoms with van der Waals surface area (Å²) in [6.45, 7) is 2.10. The summed E-state index contributed by atoms with van der Waals surface area (Å²) < 4.78 is 0. The summed E-state index contributed by atoms with van der Waals surface area (Å²) in [6.07, 6.45) is 4.70. The van der Waals surface area contributed by atoms with E-state index in [0.717, 1.165) is 32.1 Å². The molecule has 2 rings (SSSR count). The summed E-state index contributed by atoms with van der Waals surface area (Å²) in [5.41, 5.74) is 0. The Hall–Kier alpha value is -0.570. The first-order valence-corrected chi connectivity index (χ1v) is 5.67. The molecule has 2 saturated carbocycles. The third kappa shape index (κ3) is 2.08. The van der Waals surface area contributed by atoms with Gasteiger partial charge in [0.2, 0.25) is 5.91 Å². The minimum absolute atomic E-state index is 0.0176. The average Bonchev–Trinajstić information content (AvgIpc) is 2.87. The van der Waals surface area contributed by atoms with Gasteiger partial charge in [0.25, 0.3) is 0 Å². The van der Waals surface area contributed by atoms with E-state index in [2.05, 4.69) is 12.2 Å². The largest absolute Gasteiger partial charge is 0.391 e. The van der Waals surface area contributed by atoms with Crippen molar-refractivity contribution < 1.29 is 9.90 Å². The molecular formula is C11H19NO2. The highest BCUT2D eigenvalue weighted by Gasteiger charge is 2.40. The molecule has 0 radical (unpaired) electrons. The quantitative estimate of drug-likeness (QED) is 0.695. The van der Waals surface area contributed by atoms with Gasteiger partial charge < -0.3 is 10.4 Å². The van der Waals surface area contributed by atoms with Crippen LogP contribution in [0.5, 0.6) is 0 Å². The molecule has 0 aromatic heterocycles. The number of aliphatic hydroxyl groups is 1. The summed E-state index contributed by atoms with van der Waals surface area (Å²) in [7, 11) is 0. The van der Waals surface area contributed by atoms with Gasteiger partial charge in [-0.15, -0.1) is 0 Å². The topological polar surface area (TPSA) is 49.3 Å². The van der Waals surface area contributed by atoms with Crippen LogP contribution in [0.1, 0.15) is 39.0 Å². The van der Waals surface area contributed by atoms with Gasteiger partial charge in [-0.05, 0) is 25.2 Å². The van der Waals surface area contributed by atoms with Gasteiger partial charge in [0, 0.05) is 5.92 Å². The van der Waals surface area contributed by atoms with Crippen molar-refractivity contribution in [2.45, 2.75) is 51.2 Å². The van der Waals surface area contributed by atoms with Crippen LogP contribution in [0.25, 0.3) is 0 Å². The van der Waals surface area contributed by atoms with Gasteiger partial charge >= 0.3 is 0 Å². The molecule has 0 aliphatic heterocycles. The van der Waals surface area contributed by atoms with Crippen molar-refractivity contribution in [1.29, 1.82) is 0 Å². The van der Waals surface area contributed by atoms with Crippen molar-refractivity contribution in [2.75, 3.05) is 0 Å². The van der Waals surface area contributed by atoms with Crippen LogP contribution in [-0.2, 0) is 4.79 Å². The first kappa shape index (κ1) is 9.97. The summed E-state index contributed by atoms with van der Waals surface area (Å²) in [5.74, 6) is 0.934. The lowest BCUT2D eigenvalue weighted by Gasteiger charge is -2.28. The molecule has 0 bridgehead atoms. The number of aliphatic hydroxyl groups excluding tert-OH is 1. The zero-order valence-corrected chi connectivity index (χ0v) is 8.70. The van der Waals surface area contributed by atoms with Gasteiger partial charge in [0.15, 0.2) is 0 Å². The van der Waals surface area contributed by atoms with Crippen molar-refractivity contribution >= 4 is 5.91 Å². The Bertz CT molecular complexity index is 229. The minimum Gasteiger partial charge on any atom is -0.391 e. The number of rotatable bonds is 2. The van der Waals surface area contributed by atoms with Crippen LogP contribution >= 0.6 is 0 Å². The lowest BCUT2D eigenvalue weighted by atomic mass is 9.92. The maximum absolute atomic E-state index is 11.6. The number of nitrogens with one attached hydrogen (secondary N) is 1. The molecule has 1 amide bonds. The molecule has 0 aromatic carbocycles. The highest BCUT2D eigenvalue weighted by atomic mass is 16.3. The summed E-state index contributed by atoms with van der Waals surface area (Å²) >= 11 is 0. The second-order valence-corrected chi connectivity index (χ2v) is 4.79. The van der Waals surface area contributed by atoms with E-state index in [4.69, 9.17) is 0 Å². The highest BCUT2D eigenvalue weighted by molar-refractivity contribution is 5.81. The molecule has 4 atom stereocenters. The molecule has 0 saturated heterocycles. The molecule has 2 aliphatic carbocycles. The van der Waals surface area contributed by atoms with Crippen molar-refractivity contribution in [1.82, 2.24) is 5.32 Å². The van der Waals surface area contributed by atoms with E-state index in [-0.39, 0.29) is 24.0 Å². The Morgan fingerprint density at radius 2 is 2.00 bits per heavy atom. The van der Waals surface area contributed by atoms with E-state index in [1.165, 1.54) is 0 Å². The fourth-order valence-corrected chi connectivity index (χ4v) is 2.26. The minimum atomic E-state index is -0.318. The van der Waals surface area contributed by atoms with Crippen molar-refractivity contribution in [3.05, 3.63) is 0 Å². The summed E-state index contributed by atoms with van der Waals surface area (Å²) in [4.78, 5) is 11.6.